The molecule has 0 fully saturated rings. The van der Waals surface area contributed by atoms with Crippen molar-refractivity contribution < 1.29 is 14.6 Å². The van der Waals surface area contributed by atoms with Gasteiger partial charge in [0.2, 0.25) is 0 Å². The molecule has 1 amide bonds. The summed E-state index contributed by atoms with van der Waals surface area (Å²) in [5.74, 6) is 0.230. The van der Waals surface area contributed by atoms with E-state index < -0.39 is 0 Å². The third-order valence-corrected chi connectivity index (χ3v) is 3.58. The van der Waals surface area contributed by atoms with Crippen LogP contribution in [0.1, 0.15) is 38.1 Å². The predicted molar refractivity (Wildman–Crippen MR) is 75.7 cm³/mol. The minimum absolute atomic E-state index is 0.00107. The molecule has 1 atom stereocenters. The zero-order valence-electron chi connectivity index (χ0n) is 12.5. The average Bonchev–Trinajstić information content (AvgIpc) is 2.34. The number of carbonyl (C=O) groups excluding carboxylic acids is 1. The normalized spacial score (nSPS) is 12.9. The largest absolute Gasteiger partial charge is 0.504 e. The van der Waals surface area contributed by atoms with Gasteiger partial charge in [-0.05, 0) is 30.5 Å². The zero-order chi connectivity index (χ0) is 14.8. The molecule has 4 heteroatoms. The fraction of sp³-hybridized carbons (Fsp3) is 0.533. The fourth-order valence-corrected chi connectivity index (χ4v) is 1.78. The van der Waals surface area contributed by atoms with E-state index in [-0.39, 0.29) is 23.1 Å². The molecule has 0 aliphatic rings. The lowest BCUT2D eigenvalue weighted by molar-refractivity contribution is 0.0629. The molecule has 4 nitrogen and oxygen atoms in total. The van der Waals surface area contributed by atoms with Crippen LogP contribution in [0.15, 0.2) is 18.2 Å². The lowest BCUT2D eigenvalue weighted by atomic mass is 9.87. The molecule has 0 bridgehead atoms. The minimum atomic E-state index is -0.111. The highest BCUT2D eigenvalue weighted by atomic mass is 16.5. The van der Waals surface area contributed by atoms with Gasteiger partial charge in [-0.25, -0.2) is 0 Å². The summed E-state index contributed by atoms with van der Waals surface area (Å²) in [5, 5.41) is 9.72. The van der Waals surface area contributed by atoms with Crippen molar-refractivity contribution in [1.82, 2.24) is 4.90 Å². The molecule has 0 saturated carbocycles. The molecule has 1 aromatic carbocycles. The highest BCUT2D eigenvalue weighted by Crippen LogP contribution is 2.28. The Morgan fingerprint density at radius 2 is 1.95 bits per heavy atom. The van der Waals surface area contributed by atoms with Crippen LogP contribution in [-0.4, -0.2) is 36.1 Å². The van der Waals surface area contributed by atoms with Gasteiger partial charge < -0.3 is 14.7 Å². The van der Waals surface area contributed by atoms with E-state index in [1.165, 1.54) is 13.2 Å². The molecular weight excluding hydrogens is 242 g/mol. The number of phenolic OH excluding ortho intramolecular Hbond substituents is 1. The minimum Gasteiger partial charge on any atom is -0.504 e. The molecule has 1 aromatic rings. The number of carbonyl (C=O) groups is 1. The molecule has 106 valence electrons. The van der Waals surface area contributed by atoms with Gasteiger partial charge in [-0.3, -0.25) is 4.79 Å². The number of amides is 1. The second-order valence-corrected chi connectivity index (χ2v) is 5.84. The van der Waals surface area contributed by atoms with Gasteiger partial charge in [-0.2, -0.15) is 0 Å². The van der Waals surface area contributed by atoms with E-state index in [0.29, 0.717) is 11.3 Å². The van der Waals surface area contributed by atoms with Crippen molar-refractivity contribution in [3.63, 3.8) is 0 Å². The summed E-state index contributed by atoms with van der Waals surface area (Å²) in [7, 11) is 3.25. The number of benzene rings is 1. The topological polar surface area (TPSA) is 49.8 Å². The lowest BCUT2D eigenvalue weighted by Crippen LogP contribution is -2.42. The molecule has 0 aromatic heterocycles. The first kappa shape index (κ1) is 15.3. The molecule has 0 aliphatic carbocycles. The molecule has 1 unspecified atom stereocenters. The second kappa shape index (κ2) is 5.51. The van der Waals surface area contributed by atoms with Gasteiger partial charge in [0, 0.05) is 18.7 Å². The summed E-state index contributed by atoms with van der Waals surface area (Å²) in [6, 6.07) is 4.78. The fourth-order valence-electron chi connectivity index (χ4n) is 1.78. The number of ether oxygens (including phenoxy) is 1. The summed E-state index contributed by atoms with van der Waals surface area (Å²) in [6.45, 7) is 8.29. The zero-order valence-corrected chi connectivity index (χ0v) is 12.5. The van der Waals surface area contributed by atoms with Crippen LogP contribution in [0.3, 0.4) is 0 Å². The van der Waals surface area contributed by atoms with Crippen LogP contribution in [0.4, 0.5) is 0 Å². The molecule has 0 radical (unpaired) electrons. The number of hydrogen-bond donors (Lipinski definition) is 1. The van der Waals surface area contributed by atoms with Crippen molar-refractivity contribution in [3.8, 4) is 11.5 Å². The van der Waals surface area contributed by atoms with E-state index in [1.807, 2.05) is 6.92 Å². The number of rotatable bonds is 3. The van der Waals surface area contributed by atoms with Crippen molar-refractivity contribution in [2.24, 2.45) is 5.41 Å². The smallest absolute Gasteiger partial charge is 0.253 e. The molecule has 0 spiro atoms. The van der Waals surface area contributed by atoms with E-state index in [4.69, 9.17) is 4.74 Å². The first-order valence-electron chi connectivity index (χ1n) is 6.32. The summed E-state index contributed by atoms with van der Waals surface area (Å²) < 4.78 is 4.97. The standard InChI is InChI=1S/C15H23NO3/c1-10(15(2,3)4)16(5)14(18)11-7-8-13(19-6)12(17)9-11/h7-10,17H,1-6H3. The summed E-state index contributed by atoms with van der Waals surface area (Å²) in [6.07, 6.45) is 0. The van der Waals surface area contributed by atoms with E-state index in [2.05, 4.69) is 20.8 Å². The Morgan fingerprint density at radius 3 is 2.37 bits per heavy atom. The van der Waals surface area contributed by atoms with Crippen molar-refractivity contribution >= 4 is 5.91 Å². The monoisotopic (exact) mass is 265 g/mol. The van der Waals surface area contributed by atoms with Crippen molar-refractivity contribution in [1.29, 1.82) is 0 Å². The average molecular weight is 265 g/mol. The van der Waals surface area contributed by atoms with E-state index in [0.717, 1.165) is 0 Å². The van der Waals surface area contributed by atoms with Crippen LogP contribution in [0.5, 0.6) is 11.5 Å². The molecule has 0 heterocycles. The Kier molecular flexibility index (Phi) is 4.45. The Labute approximate surface area is 115 Å². The Balaban J connectivity index is 2.98. The Morgan fingerprint density at radius 1 is 1.37 bits per heavy atom. The van der Waals surface area contributed by atoms with Gasteiger partial charge in [0.15, 0.2) is 11.5 Å². The summed E-state index contributed by atoms with van der Waals surface area (Å²) >= 11 is 0. The maximum atomic E-state index is 12.4. The first-order chi connectivity index (χ1) is 8.68. The maximum absolute atomic E-state index is 12.4. The Hall–Kier alpha value is -1.71. The summed E-state index contributed by atoms with van der Waals surface area (Å²) in [5.41, 5.74) is 0.454. The number of methoxy groups -OCH3 is 1. The van der Waals surface area contributed by atoms with Gasteiger partial charge in [-0.1, -0.05) is 20.8 Å². The van der Waals surface area contributed by atoms with Crippen LogP contribution < -0.4 is 4.74 Å². The SMILES string of the molecule is COc1ccc(C(=O)N(C)C(C)C(C)(C)C)cc1O. The maximum Gasteiger partial charge on any atom is 0.253 e. The van der Waals surface area contributed by atoms with E-state index in [9.17, 15) is 9.90 Å². The number of hydrogen-bond acceptors (Lipinski definition) is 3. The van der Waals surface area contributed by atoms with E-state index in [1.54, 1.807) is 24.1 Å². The van der Waals surface area contributed by atoms with Crippen LogP contribution in [0, 0.1) is 5.41 Å². The molecule has 1 rings (SSSR count). The third-order valence-electron chi connectivity index (χ3n) is 3.58. The van der Waals surface area contributed by atoms with Crippen LogP contribution in [0.2, 0.25) is 0 Å². The van der Waals surface area contributed by atoms with Crippen LogP contribution in [-0.2, 0) is 0 Å². The molecule has 1 N–H and O–H groups in total. The number of nitrogens with zero attached hydrogens (tertiary/aromatic N) is 1. The highest BCUT2D eigenvalue weighted by molar-refractivity contribution is 5.95. The van der Waals surface area contributed by atoms with E-state index >= 15 is 0 Å². The first-order valence-corrected chi connectivity index (χ1v) is 6.32. The molecule has 0 aliphatic heterocycles. The predicted octanol–water partition coefficient (Wildman–Crippen LogP) is 2.91. The van der Waals surface area contributed by atoms with Gasteiger partial charge in [0.05, 0.1) is 7.11 Å². The third kappa shape index (κ3) is 3.40. The number of aromatic hydroxyl groups is 1. The second-order valence-electron chi connectivity index (χ2n) is 5.84. The highest BCUT2D eigenvalue weighted by Gasteiger charge is 2.27. The van der Waals surface area contributed by atoms with Crippen LogP contribution in [0.25, 0.3) is 0 Å². The van der Waals surface area contributed by atoms with Gasteiger partial charge in [-0.15, -0.1) is 0 Å². The van der Waals surface area contributed by atoms with Gasteiger partial charge in [0.25, 0.3) is 5.91 Å². The van der Waals surface area contributed by atoms with Crippen LogP contribution >= 0.6 is 0 Å². The molecule has 19 heavy (non-hydrogen) atoms. The number of phenols is 1. The van der Waals surface area contributed by atoms with Gasteiger partial charge >= 0.3 is 0 Å². The quantitative estimate of drug-likeness (QED) is 0.914. The van der Waals surface area contributed by atoms with Crippen molar-refractivity contribution in [2.45, 2.75) is 33.7 Å². The lowest BCUT2D eigenvalue weighted by Gasteiger charge is -2.35. The van der Waals surface area contributed by atoms with Crippen molar-refractivity contribution in [2.75, 3.05) is 14.2 Å². The van der Waals surface area contributed by atoms with Crippen molar-refractivity contribution in [3.05, 3.63) is 23.8 Å². The van der Waals surface area contributed by atoms with Gasteiger partial charge in [0.1, 0.15) is 0 Å². The Bertz CT molecular complexity index is 463. The molecular formula is C15H23NO3. The molecule has 0 saturated heterocycles. The summed E-state index contributed by atoms with van der Waals surface area (Å²) in [4.78, 5) is 14.1.